The zero-order chi connectivity index (χ0) is 16.9. The lowest BCUT2D eigenvalue weighted by Crippen LogP contribution is -2.40. The molecule has 1 aliphatic carbocycles. The molecule has 2 heterocycles. The molecule has 0 bridgehead atoms. The molecule has 0 fully saturated rings. The minimum atomic E-state index is -1.74. The topological polar surface area (TPSA) is 34.1 Å². The molecule has 0 spiro atoms. The third-order valence-corrected chi connectivity index (χ3v) is 27.8. The lowest BCUT2D eigenvalue weighted by Gasteiger charge is -2.29. The number of carbonyl (C=O) groups is 2. The molecule has 3 aliphatic rings. The highest BCUT2D eigenvalue weighted by atomic mass is 28.4. The van der Waals surface area contributed by atoms with Crippen molar-refractivity contribution in [3.63, 3.8) is 0 Å². The predicted molar refractivity (Wildman–Crippen MR) is 104 cm³/mol. The summed E-state index contributed by atoms with van der Waals surface area (Å²) in [5.74, 6) is 0.683. The number of carbonyl (C=O) groups excluding carboxylic acids is 2. The van der Waals surface area contributed by atoms with Crippen molar-refractivity contribution in [3.05, 3.63) is 20.8 Å². The molecule has 0 unspecified atom stereocenters. The molecule has 120 valence electrons. The Labute approximate surface area is 138 Å². The number of ketones is 2. The highest BCUT2D eigenvalue weighted by Crippen LogP contribution is 2.52. The van der Waals surface area contributed by atoms with Crippen molar-refractivity contribution in [2.75, 3.05) is 0 Å². The van der Waals surface area contributed by atoms with Gasteiger partial charge >= 0.3 is 0 Å². The second-order valence-electron chi connectivity index (χ2n) is 10.0. The second kappa shape index (κ2) is 4.20. The molecule has 0 saturated carbocycles. The number of Topliss-reactive ketones (excluding diaryl/α,β-unsaturated/α-hetero) is 2. The maximum atomic E-state index is 13.5. The van der Waals surface area contributed by atoms with Gasteiger partial charge in [-0.1, -0.05) is 63.7 Å². The van der Waals surface area contributed by atoms with Gasteiger partial charge in [0.25, 0.3) is 0 Å². The van der Waals surface area contributed by atoms with Gasteiger partial charge in [-0.05, 0) is 20.8 Å². The predicted octanol–water partition coefficient (Wildman–Crippen LogP) is 3.83. The van der Waals surface area contributed by atoms with E-state index in [-0.39, 0.29) is 0 Å². The Bertz CT molecular complexity index is 581. The fourth-order valence-corrected chi connectivity index (χ4v) is 36.8. The van der Waals surface area contributed by atoms with Crippen LogP contribution in [0.2, 0.25) is 63.7 Å². The van der Waals surface area contributed by atoms with E-state index in [1.165, 1.54) is 11.3 Å². The number of allylic oxidation sites excluding steroid dienone is 4. The normalized spacial score (nSPS) is 30.7. The molecule has 2 nitrogen and oxygen atoms in total. The molecule has 22 heavy (non-hydrogen) atoms. The van der Waals surface area contributed by atoms with E-state index in [1.807, 2.05) is 0 Å². The first-order valence-electron chi connectivity index (χ1n) is 8.32. The zero-order valence-corrected chi connectivity index (χ0v) is 19.2. The van der Waals surface area contributed by atoms with Gasteiger partial charge in [-0.3, -0.25) is 9.59 Å². The van der Waals surface area contributed by atoms with Crippen LogP contribution >= 0.6 is 0 Å². The van der Waals surface area contributed by atoms with Gasteiger partial charge in [-0.25, -0.2) is 0 Å². The summed E-state index contributed by atoms with van der Waals surface area (Å²) in [6.07, 6.45) is 0. The molecule has 0 N–H and O–H groups in total. The van der Waals surface area contributed by atoms with Crippen molar-refractivity contribution in [1.82, 2.24) is 0 Å². The summed E-state index contributed by atoms with van der Waals surface area (Å²) in [5.41, 5.74) is 2.35. The first-order valence-corrected chi connectivity index (χ1v) is 21.2. The Hall–Kier alpha value is -0.312. The lowest BCUT2D eigenvalue weighted by molar-refractivity contribution is -0.115. The minimum absolute atomic E-state index is 0.342. The van der Waals surface area contributed by atoms with Crippen molar-refractivity contribution in [2.45, 2.75) is 63.7 Å². The van der Waals surface area contributed by atoms with E-state index in [9.17, 15) is 9.59 Å². The van der Waals surface area contributed by atoms with Crippen LogP contribution in [0.1, 0.15) is 0 Å². The number of hydrogen-bond acceptors (Lipinski definition) is 2. The van der Waals surface area contributed by atoms with Crippen molar-refractivity contribution >= 4 is 43.9 Å². The van der Waals surface area contributed by atoms with E-state index < -0.39 is 32.3 Å². The molecular weight excluding hydrogens is 337 g/mol. The standard InChI is InChI=1S/C16H28O2Si4/c1-19(2)9-20(3,4)14-12(18)16-15(11(17)13(14)19)21(5,6)10-22(16,7)8/h9-10H2,1-8H3. The Morgan fingerprint density at radius 1 is 0.500 bits per heavy atom. The van der Waals surface area contributed by atoms with E-state index in [4.69, 9.17) is 0 Å². The molecule has 0 aromatic rings. The van der Waals surface area contributed by atoms with Crippen LogP contribution in [-0.2, 0) is 9.59 Å². The number of hydrogen-bond donors (Lipinski definition) is 0. The molecule has 0 amide bonds. The second-order valence-corrected chi connectivity index (χ2v) is 29.9. The first kappa shape index (κ1) is 16.5. The van der Waals surface area contributed by atoms with E-state index >= 15 is 0 Å². The Kier molecular flexibility index (Phi) is 3.16. The summed E-state index contributed by atoms with van der Waals surface area (Å²) in [6.45, 7) is 18.5. The van der Waals surface area contributed by atoms with Crippen molar-refractivity contribution in [3.8, 4) is 0 Å². The highest BCUT2D eigenvalue weighted by molar-refractivity contribution is 7.17. The SMILES string of the molecule is C[Si]1(C)C[Si](C)(C)C2=C1C(=O)C1=C(C2=O)[Si](C)(C)C[Si]1(C)C. The highest BCUT2D eigenvalue weighted by Gasteiger charge is 2.61. The van der Waals surface area contributed by atoms with Crippen LogP contribution in [0.15, 0.2) is 20.8 Å². The molecular formula is C16H28O2Si4. The Balaban J connectivity index is 2.31. The van der Waals surface area contributed by atoms with Crippen LogP contribution in [0.5, 0.6) is 0 Å². The Morgan fingerprint density at radius 3 is 0.864 bits per heavy atom. The average Bonchev–Trinajstić information content (AvgIpc) is 2.57. The van der Waals surface area contributed by atoms with Gasteiger partial charge in [-0.2, -0.15) is 0 Å². The molecule has 6 heteroatoms. The summed E-state index contributed by atoms with van der Waals surface area (Å²) in [4.78, 5) is 27.0. The summed E-state index contributed by atoms with van der Waals surface area (Å²) in [7, 11) is -6.95. The maximum absolute atomic E-state index is 13.5. The third-order valence-electron chi connectivity index (χ3n) is 5.88. The van der Waals surface area contributed by atoms with Crippen LogP contribution in [0.3, 0.4) is 0 Å². The van der Waals surface area contributed by atoms with Crippen LogP contribution in [0.4, 0.5) is 0 Å². The van der Waals surface area contributed by atoms with Crippen LogP contribution in [0.25, 0.3) is 0 Å². The van der Waals surface area contributed by atoms with Crippen LogP contribution in [0, 0.1) is 0 Å². The fraction of sp³-hybridized carbons (Fsp3) is 0.625. The van der Waals surface area contributed by atoms with Gasteiger partial charge in [0.2, 0.25) is 0 Å². The van der Waals surface area contributed by atoms with E-state index in [1.54, 1.807) is 0 Å². The van der Waals surface area contributed by atoms with Crippen LogP contribution in [-0.4, -0.2) is 43.9 Å². The summed E-state index contributed by atoms with van der Waals surface area (Å²) >= 11 is 0. The van der Waals surface area contributed by atoms with Gasteiger partial charge < -0.3 is 0 Å². The average molecular weight is 365 g/mol. The summed E-state index contributed by atoms with van der Waals surface area (Å²) in [5, 5.41) is 4.22. The van der Waals surface area contributed by atoms with E-state index in [0.29, 0.717) is 11.6 Å². The molecule has 0 saturated heterocycles. The smallest absolute Gasteiger partial charge is 0.177 e. The fourth-order valence-electron chi connectivity index (χ4n) is 5.85. The zero-order valence-electron chi connectivity index (χ0n) is 15.2. The van der Waals surface area contributed by atoms with E-state index in [2.05, 4.69) is 52.4 Å². The van der Waals surface area contributed by atoms with Crippen molar-refractivity contribution in [2.24, 2.45) is 0 Å². The first-order chi connectivity index (χ1) is 9.72. The monoisotopic (exact) mass is 364 g/mol. The van der Waals surface area contributed by atoms with Crippen molar-refractivity contribution < 1.29 is 9.59 Å². The number of rotatable bonds is 0. The quantitative estimate of drug-likeness (QED) is 0.483. The largest absolute Gasteiger partial charge is 0.290 e. The summed E-state index contributed by atoms with van der Waals surface area (Å²) < 4.78 is 0. The van der Waals surface area contributed by atoms with Gasteiger partial charge in [0, 0.05) is 0 Å². The molecule has 2 aliphatic heterocycles. The third kappa shape index (κ3) is 1.93. The van der Waals surface area contributed by atoms with Gasteiger partial charge in [0.1, 0.15) is 0 Å². The molecule has 0 radical (unpaired) electrons. The van der Waals surface area contributed by atoms with Crippen LogP contribution < -0.4 is 0 Å². The lowest BCUT2D eigenvalue weighted by atomic mass is 10.1. The molecule has 0 aromatic heterocycles. The van der Waals surface area contributed by atoms with Crippen molar-refractivity contribution in [1.29, 1.82) is 0 Å². The maximum Gasteiger partial charge on any atom is 0.177 e. The minimum Gasteiger partial charge on any atom is -0.290 e. The van der Waals surface area contributed by atoms with Gasteiger partial charge in [-0.15, -0.1) is 0 Å². The summed E-state index contributed by atoms with van der Waals surface area (Å²) in [6, 6.07) is 0. The molecule has 0 aromatic carbocycles. The Morgan fingerprint density at radius 2 is 0.682 bits per heavy atom. The molecule has 3 rings (SSSR count). The van der Waals surface area contributed by atoms with Gasteiger partial charge in [0.05, 0.1) is 32.3 Å². The van der Waals surface area contributed by atoms with Gasteiger partial charge in [0.15, 0.2) is 11.6 Å². The molecule has 0 atom stereocenters. The van der Waals surface area contributed by atoms with E-state index in [0.717, 1.165) is 20.8 Å².